The molecule has 0 spiro atoms. The Hall–Kier alpha value is -3.40. The van der Waals surface area contributed by atoms with Gasteiger partial charge in [-0.25, -0.2) is 0 Å². The first-order valence-corrected chi connectivity index (χ1v) is 10.1. The number of nitrogens with one attached hydrogen (secondary N) is 1. The number of nitro benzene ring substituents is 1. The molecule has 0 radical (unpaired) electrons. The van der Waals surface area contributed by atoms with Gasteiger partial charge < -0.3 is 14.6 Å². The van der Waals surface area contributed by atoms with Crippen molar-refractivity contribution in [2.24, 2.45) is 7.05 Å². The van der Waals surface area contributed by atoms with Crippen molar-refractivity contribution < 1.29 is 14.5 Å². The van der Waals surface area contributed by atoms with Crippen molar-refractivity contribution in [1.82, 2.24) is 14.8 Å². The van der Waals surface area contributed by atoms with Crippen LogP contribution in [0.3, 0.4) is 0 Å². The molecule has 1 amide bonds. The fourth-order valence-corrected chi connectivity index (χ4v) is 3.39. The van der Waals surface area contributed by atoms with Crippen LogP contribution in [-0.2, 0) is 18.4 Å². The Labute approximate surface area is 177 Å². The molecule has 0 fully saturated rings. The van der Waals surface area contributed by atoms with Gasteiger partial charge in [0.05, 0.1) is 10.7 Å². The minimum absolute atomic E-state index is 0.0376. The molecule has 10 heteroatoms. The van der Waals surface area contributed by atoms with Crippen LogP contribution in [0.15, 0.2) is 47.6 Å². The second-order valence-electron chi connectivity index (χ2n) is 6.63. The predicted molar refractivity (Wildman–Crippen MR) is 114 cm³/mol. The lowest BCUT2D eigenvalue weighted by Gasteiger charge is -2.10. The number of ether oxygens (including phenoxy) is 1. The molecule has 0 aliphatic rings. The van der Waals surface area contributed by atoms with Gasteiger partial charge in [-0.1, -0.05) is 36.0 Å². The van der Waals surface area contributed by atoms with Crippen molar-refractivity contribution in [2.45, 2.75) is 25.6 Å². The van der Waals surface area contributed by atoms with Gasteiger partial charge in [0.15, 0.2) is 11.0 Å². The van der Waals surface area contributed by atoms with Crippen LogP contribution in [0.1, 0.15) is 17.0 Å². The summed E-state index contributed by atoms with van der Waals surface area (Å²) in [4.78, 5) is 22.7. The molecule has 0 saturated carbocycles. The molecule has 0 saturated heterocycles. The number of carbonyl (C=O) groups is 1. The highest BCUT2D eigenvalue weighted by Crippen LogP contribution is 2.24. The van der Waals surface area contributed by atoms with Gasteiger partial charge in [0.1, 0.15) is 18.0 Å². The maximum atomic E-state index is 12.2. The standard InChI is InChI=1S/C20H21N5O4S/c1-13-8-9-14(2)17(10-13)29-11-18-22-23-20(24(18)3)30-12-19(26)21-15-6-4-5-7-16(15)25(27)28/h4-10H,11-12H2,1-3H3,(H,21,26). The van der Waals surface area contributed by atoms with Crippen LogP contribution in [0.4, 0.5) is 11.4 Å². The molecule has 3 aromatic rings. The van der Waals surface area contributed by atoms with Crippen molar-refractivity contribution in [3.05, 3.63) is 69.5 Å². The molecule has 3 rings (SSSR count). The highest BCUT2D eigenvalue weighted by molar-refractivity contribution is 7.99. The summed E-state index contributed by atoms with van der Waals surface area (Å²) in [6, 6.07) is 12.0. The number of thioether (sulfide) groups is 1. The summed E-state index contributed by atoms with van der Waals surface area (Å²) < 4.78 is 7.62. The number of para-hydroxylation sites is 2. The fourth-order valence-electron chi connectivity index (χ4n) is 2.66. The lowest BCUT2D eigenvalue weighted by Crippen LogP contribution is -2.15. The van der Waals surface area contributed by atoms with E-state index in [4.69, 9.17) is 4.74 Å². The van der Waals surface area contributed by atoms with E-state index in [-0.39, 0.29) is 29.6 Å². The molecule has 9 nitrogen and oxygen atoms in total. The van der Waals surface area contributed by atoms with Crippen molar-refractivity contribution in [1.29, 1.82) is 0 Å². The number of amides is 1. The van der Waals surface area contributed by atoms with Crippen molar-refractivity contribution in [3.8, 4) is 5.75 Å². The third kappa shape index (κ3) is 5.15. The minimum Gasteiger partial charge on any atom is -0.485 e. The Kier molecular flexibility index (Phi) is 6.68. The van der Waals surface area contributed by atoms with E-state index in [0.29, 0.717) is 11.0 Å². The smallest absolute Gasteiger partial charge is 0.292 e. The molecule has 0 aliphatic heterocycles. The quantitative estimate of drug-likeness (QED) is 0.332. The van der Waals surface area contributed by atoms with Gasteiger partial charge >= 0.3 is 0 Å². The van der Waals surface area contributed by atoms with Gasteiger partial charge in [-0.2, -0.15) is 0 Å². The van der Waals surface area contributed by atoms with Crippen molar-refractivity contribution in [2.75, 3.05) is 11.1 Å². The van der Waals surface area contributed by atoms with Crippen LogP contribution in [0.25, 0.3) is 0 Å². The highest BCUT2D eigenvalue weighted by Gasteiger charge is 2.16. The summed E-state index contributed by atoms with van der Waals surface area (Å²) in [6.07, 6.45) is 0. The molecule has 2 aromatic carbocycles. The average Bonchev–Trinajstić information content (AvgIpc) is 3.07. The first kappa shape index (κ1) is 21.3. The second kappa shape index (κ2) is 9.40. The molecule has 156 valence electrons. The Morgan fingerprint density at radius 3 is 2.77 bits per heavy atom. The lowest BCUT2D eigenvalue weighted by molar-refractivity contribution is -0.383. The van der Waals surface area contributed by atoms with Gasteiger partial charge in [-0.05, 0) is 37.1 Å². The van der Waals surface area contributed by atoms with Gasteiger partial charge in [-0.3, -0.25) is 14.9 Å². The number of rotatable bonds is 8. The maximum Gasteiger partial charge on any atom is 0.292 e. The fraction of sp³-hybridized carbons (Fsp3) is 0.250. The number of anilines is 1. The number of aromatic nitrogens is 3. The van der Waals surface area contributed by atoms with E-state index >= 15 is 0 Å². The predicted octanol–water partition coefficient (Wildman–Crippen LogP) is 3.65. The summed E-state index contributed by atoms with van der Waals surface area (Å²) in [5.74, 6) is 1.08. The van der Waals surface area contributed by atoms with E-state index in [9.17, 15) is 14.9 Å². The Bertz CT molecular complexity index is 1080. The molecule has 30 heavy (non-hydrogen) atoms. The van der Waals surface area contributed by atoms with E-state index in [0.717, 1.165) is 16.9 Å². The molecular weight excluding hydrogens is 406 g/mol. The zero-order valence-electron chi connectivity index (χ0n) is 16.8. The number of hydrogen-bond donors (Lipinski definition) is 1. The number of nitrogens with zero attached hydrogens (tertiary/aromatic N) is 4. The average molecular weight is 427 g/mol. The molecule has 1 heterocycles. The van der Waals surface area contributed by atoms with Crippen LogP contribution < -0.4 is 10.1 Å². The summed E-state index contributed by atoms with van der Waals surface area (Å²) in [5.41, 5.74) is 2.15. The number of benzene rings is 2. The van der Waals surface area contributed by atoms with Crippen LogP contribution in [0.5, 0.6) is 5.75 Å². The third-order valence-corrected chi connectivity index (χ3v) is 5.35. The normalized spacial score (nSPS) is 10.6. The maximum absolute atomic E-state index is 12.2. The van der Waals surface area contributed by atoms with Crippen molar-refractivity contribution in [3.63, 3.8) is 0 Å². The monoisotopic (exact) mass is 427 g/mol. The highest BCUT2D eigenvalue weighted by atomic mass is 32.2. The van der Waals surface area contributed by atoms with E-state index in [1.165, 1.54) is 23.9 Å². The first-order valence-electron chi connectivity index (χ1n) is 9.09. The minimum atomic E-state index is -0.534. The zero-order valence-corrected chi connectivity index (χ0v) is 17.6. The third-order valence-electron chi connectivity index (χ3n) is 4.33. The molecule has 1 aromatic heterocycles. The summed E-state index contributed by atoms with van der Waals surface area (Å²) >= 11 is 1.19. The number of hydrogen-bond acceptors (Lipinski definition) is 7. The van der Waals surface area contributed by atoms with Gasteiger partial charge in [0.25, 0.3) is 5.69 Å². The van der Waals surface area contributed by atoms with Gasteiger partial charge in [0, 0.05) is 13.1 Å². The van der Waals surface area contributed by atoms with E-state index in [2.05, 4.69) is 15.5 Å². The first-order chi connectivity index (χ1) is 14.3. The van der Waals surface area contributed by atoms with Crippen LogP contribution in [0, 0.1) is 24.0 Å². The largest absolute Gasteiger partial charge is 0.485 e. The van der Waals surface area contributed by atoms with Gasteiger partial charge in [0.2, 0.25) is 5.91 Å². The Balaban J connectivity index is 1.58. The summed E-state index contributed by atoms with van der Waals surface area (Å²) in [5, 5.41) is 22.4. The topological polar surface area (TPSA) is 112 Å². The Morgan fingerprint density at radius 1 is 1.23 bits per heavy atom. The number of nitro groups is 1. The van der Waals surface area contributed by atoms with Gasteiger partial charge in [-0.15, -0.1) is 10.2 Å². The molecule has 1 N–H and O–H groups in total. The molecule has 0 aliphatic carbocycles. The molecular formula is C20H21N5O4S. The number of carbonyl (C=O) groups excluding carboxylic acids is 1. The van der Waals surface area contributed by atoms with E-state index in [1.807, 2.05) is 32.0 Å². The van der Waals surface area contributed by atoms with Crippen LogP contribution in [0.2, 0.25) is 0 Å². The number of aryl methyl sites for hydroxylation is 2. The van der Waals surface area contributed by atoms with E-state index < -0.39 is 4.92 Å². The summed E-state index contributed by atoms with van der Waals surface area (Å²) in [6.45, 7) is 4.22. The van der Waals surface area contributed by atoms with E-state index in [1.54, 1.807) is 23.7 Å². The van der Waals surface area contributed by atoms with Crippen LogP contribution >= 0.6 is 11.8 Å². The molecule has 0 unspecified atom stereocenters. The zero-order chi connectivity index (χ0) is 21.7. The second-order valence-corrected chi connectivity index (χ2v) is 7.57. The lowest BCUT2D eigenvalue weighted by atomic mass is 10.1. The molecule has 0 atom stereocenters. The molecule has 0 bridgehead atoms. The SMILES string of the molecule is Cc1ccc(C)c(OCc2nnc(SCC(=O)Nc3ccccc3[N+](=O)[O-])n2C)c1. The van der Waals surface area contributed by atoms with Crippen LogP contribution in [-0.4, -0.2) is 31.3 Å². The Morgan fingerprint density at radius 2 is 2.00 bits per heavy atom. The van der Waals surface area contributed by atoms with Crippen molar-refractivity contribution >= 4 is 29.0 Å². The summed E-state index contributed by atoms with van der Waals surface area (Å²) in [7, 11) is 1.80.